The van der Waals surface area contributed by atoms with Crippen LogP contribution in [-0.2, 0) is 14.3 Å². The van der Waals surface area contributed by atoms with Crippen molar-refractivity contribution in [3.63, 3.8) is 0 Å². The molecule has 7 nitrogen and oxygen atoms in total. The molecule has 168 valence electrons. The molecule has 2 atom stereocenters. The maximum Gasteiger partial charge on any atom is 0.295 e. The zero-order chi connectivity index (χ0) is 22.8. The van der Waals surface area contributed by atoms with E-state index < -0.39 is 29.3 Å². The van der Waals surface area contributed by atoms with E-state index in [4.69, 9.17) is 14.2 Å². The summed E-state index contributed by atoms with van der Waals surface area (Å²) in [5.41, 5.74) is 0.205. The molecule has 2 fully saturated rings. The average molecular weight is 441 g/mol. The number of halogens is 1. The molecule has 0 aliphatic carbocycles. The Hall–Kier alpha value is -3.39. The Balaban J connectivity index is 1.85. The number of methoxy groups -OCH3 is 2. The molecule has 2 aromatic rings. The van der Waals surface area contributed by atoms with Gasteiger partial charge in [0.1, 0.15) is 11.6 Å². The molecule has 2 aromatic carbocycles. The molecule has 0 spiro atoms. The van der Waals surface area contributed by atoms with E-state index >= 15 is 0 Å². The minimum Gasteiger partial charge on any atom is -0.507 e. The summed E-state index contributed by atoms with van der Waals surface area (Å²) >= 11 is 0. The SMILES string of the molecule is COc1ccc(/C(O)=C2\C(=O)C(=O)N(CC3CCCO3)C2c2ccccc2F)cc1OC. The number of rotatable bonds is 6. The number of amides is 1. The number of ketones is 1. The molecule has 0 saturated carbocycles. The van der Waals surface area contributed by atoms with Crippen LogP contribution in [0.5, 0.6) is 11.5 Å². The highest BCUT2D eigenvalue weighted by molar-refractivity contribution is 6.46. The molecule has 2 saturated heterocycles. The third kappa shape index (κ3) is 3.82. The third-order valence-corrected chi connectivity index (χ3v) is 5.82. The van der Waals surface area contributed by atoms with E-state index in [1.807, 2.05) is 0 Å². The number of carbonyl (C=O) groups is 2. The van der Waals surface area contributed by atoms with Crippen molar-refractivity contribution in [2.24, 2.45) is 0 Å². The van der Waals surface area contributed by atoms with Crippen LogP contribution in [-0.4, -0.2) is 55.2 Å². The van der Waals surface area contributed by atoms with Crippen molar-refractivity contribution in [3.05, 3.63) is 65.0 Å². The van der Waals surface area contributed by atoms with Crippen LogP contribution in [0.15, 0.2) is 48.0 Å². The van der Waals surface area contributed by atoms with Crippen LogP contribution in [0, 0.1) is 5.82 Å². The third-order valence-electron chi connectivity index (χ3n) is 5.82. The minimum absolute atomic E-state index is 0.131. The molecule has 0 aromatic heterocycles. The molecular formula is C24H24FNO6. The van der Waals surface area contributed by atoms with Crippen LogP contribution in [0.1, 0.15) is 30.0 Å². The van der Waals surface area contributed by atoms with E-state index in [0.29, 0.717) is 18.1 Å². The summed E-state index contributed by atoms with van der Waals surface area (Å²) in [6.45, 7) is 0.705. The van der Waals surface area contributed by atoms with Crippen molar-refractivity contribution < 1.29 is 33.3 Å². The van der Waals surface area contributed by atoms with Gasteiger partial charge in [-0.2, -0.15) is 0 Å². The first kappa shape index (κ1) is 21.8. The molecule has 32 heavy (non-hydrogen) atoms. The summed E-state index contributed by atoms with van der Waals surface area (Å²) in [6, 6.07) is 9.47. The van der Waals surface area contributed by atoms with E-state index in [0.717, 1.165) is 12.8 Å². The Morgan fingerprint density at radius 3 is 2.56 bits per heavy atom. The van der Waals surface area contributed by atoms with Crippen LogP contribution in [0.25, 0.3) is 5.76 Å². The molecule has 4 rings (SSSR count). The molecule has 0 radical (unpaired) electrons. The Morgan fingerprint density at radius 2 is 1.91 bits per heavy atom. The van der Waals surface area contributed by atoms with Gasteiger partial charge in [0.15, 0.2) is 11.5 Å². The summed E-state index contributed by atoms with van der Waals surface area (Å²) in [4.78, 5) is 27.3. The van der Waals surface area contributed by atoms with E-state index in [1.54, 1.807) is 18.2 Å². The van der Waals surface area contributed by atoms with Gasteiger partial charge in [0, 0.05) is 24.3 Å². The van der Waals surface area contributed by atoms with Crippen molar-refractivity contribution in [2.45, 2.75) is 25.0 Å². The number of nitrogens with zero attached hydrogens (tertiary/aromatic N) is 1. The number of hydrogen-bond acceptors (Lipinski definition) is 6. The normalized spacial score (nSPS) is 22.4. The molecule has 0 bridgehead atoms. The Kier molecular flexibility index (Phi) is 6.14. The fourth-order valence-corrected chi connectivity index (χ4v) is 4.24. The van der Waals surface area contributed by atoms with E-state index in [2.05, 4.69) is 0 Å². The monoisotopic (exact) mass is 441 g/mol. The number of aliphatic hydroxyl groups excluding tert-OH is 1. The first-order valence-electron chi connectivity index (χ1n) is 10.3. The van der Waals surface area contributed by atoms with Gasteiger partial charge in [0.2, 0.25) is 0 Å². The Labute approximate surface area is 185 Å². The number of aliphatic hydroxyl groups is 1. The van der Waals surface area contributed by atoms with Gasteiger partial charge in [0.25, 0.3) is 11.7 Å². The molecule has 1 N–H and O–H groups in total. The summed E-state index contributed by atoms with van der Waals surface area (Å²) in [6.07, 6.45) is 1.34. The van der Waals surface area contributed by atoms with Gasteiger partial charge < -0.3 is 24.2 Å². The average Bonchev–Trinajstić information content (AvgIpc) is 3.41. The quantitative estimate of drug-likeness (QED) is 0.420. The van der Waals surface area contributed by atoms with Gasteiger partial charge in [-0.25, -0.2) is 4.39 Å². The van der Waals surface area contributed by atoms with Crippen LogP contribution in [0.4, 0.5) is 4.39 Å². The van der Waals surface area contributed by atoms with Crippen molar-refractivity contribution in [2.75, 3.05) is 27.4 Å². The first-order valence-corrected chi connectivity index (χ1v) is 10.3. The second-order valence-corrected chi connectivity index (χ2v) is 7.68. The molecule has 2 aliphatic rings. The lowest BCUT2D eigenvalue weighted by Crippen LogP contribution is -2.36. The fourth-order valence-electron chi connectivity index (χ4n) is 4.24. The number of hydrogen-bond donors (Lipinski definition) is 1. The van der Waals surface area contributed by atoms with Crippen molar-refractivity contribution >= 4 is 17.4 Å². The predicted octanol–water partition coefficient (Wildman–Crippen LogP) is 3.44. The van der Waals surface area contributed by atoms with Crippen molar-refractivity contribution in [1.82, 2.24) is 4.90 Å². The van der Waals surface area contributed by atoms with Gasteiger partial charge in [-0.3, -0.25) is 9.59 Å². The smallest absolute Gasteiger partial charge is 0.295 e. The summed E-state index contributed by atoms with van der Waals surface area (Å²) in [5, 5.41) is 11.1. The lowest BCUT2D eigenvalue weighted by Gasteiger charge is -2.27. The number of benzene rings is 2. The highest BCUT2D eigenvalue weighted by Gasteiger charge is 2.47. The van der Waals surface area contributed by atoms with E-state index in [-0.39, 0.29) is 29.3 Å². The lowest BCUT2D eigenvalue weighted by atomic mass is 9.94. The van der Waals surface area contributed by atoms with Gasteiger partial charge in [-0.05, 0) is 37.1 Å². The second kappa shape index (κ2) is 9.00. The predicted molar refractivity (Wildman–Crippen MR) is 114 cm³/mol. The molecule has 2 unspecified atom stereocenters. The number of likely N-dealkylation sites (tertiary alicyclic amines) is 1. The van der Waals surface area contributed by atoms with E-state index in [9.17, 15) is 19.1 Å². The Bertz CT molecular complexity index is 1080. The number of ether oxygens (including phenoxy) is 3. The molecule has 2 heterocycles. The minimum atomic E-state index is -1.08. The largest absolute Gasteiger partial charge is 0.507 e. The summed E-state index contributed by atoms with van der Waals surface area (Å²) in [5.74, 6) is -1.87. The maximum absolute atomic E-state index is 14.8. The summed E-state index contributed by atoms with van der Waals surface area (Å²) < 4.78 is 31.0. The second-order valence-electron chi connectivity index (χ2n) is 7.68. The van der Waals surface area contributed by atoms with Crippen LogP contribution in [0.3, 0.4) is 0 Å². The zero-order valence-corrected chi connectivity index (χ0v) is 17.8. The zero-order valence-electron chi connectivity index (χ0n) is 17.8. The maximum atomic E-state index is 14.8. The Morgan fingerprint density at radius 1 is 1.16 bits per heavy atom. The molecule has 8 heteroatoms. The topological polar surface area (TPSA) is 85.3 Å². The van der Waals surface area contributed by atoms with Crippen molar-refractivity contribution in [1.29, 1.82) is 0 Å². The highest BCUT2D eigenvalue weighted by atomic mass is 19.1. The summed E-state index contributed by atoms with van der Waals surface area (Å²) in [7, 11) is 2.92. The molecule has 2 aliphatic heterocycles. The standard InChI is InChI=1S/C24H24FNO6/c1-30-18-10-9-14(12-19(18)31-2)22(27)20-21(16-7-3-4-8-17(16)25)26(24(29)23(20)28)13-15-6-5-11-32-15/h3-4,7-10,12,15,21,27H,5-6,11,13H2,1-2H3/b22-20+. The highest BCUT2D eigenvalue weighted by Crippen LogP contribution is 2.41. The van der Waals surface area contributed by atoms with Gasteiger partial charge >= 0.3 is 0 Å². The van der Waals surface area contributed by atoms with Gasteiger partial charge in [0.05, 0.1) is 31.9 Å². The van der Waals surface area contributed by atoms with E-state index in [1.165, 1.54) is 43.4 Å². The fraction of sp³-hybridized carbons (Fsp3) is 0.333. The molecule has 1 amide bonds. The van der Waals surface area contributed by atoms with Gasteiger partial charge in [-0.1, -0.05) is 18.2 Å². The van der Waals surface area contributed by atoms with Crippen LogP contribution < -0.4 is 9.47 Å². The van der Waals surface area contributed by atoms with Crippen LogP contribution >= 0.6 is 0 Å². The lowest BCUT2D eigenvalue weighted by molar-refractivity contribution is -0.140. The number of carbonyl (C=O) groups excluding carboxylic acids is 2. The number of Topliss-reactive ketones (excluding diaryl/α,β-unsaturated/α-hetero) is 1. The first-order chi connectivity index (χ1) is 15.5. The molecular weight excluding hydrogens is 417 g/mol. The van der Waals surface area contributed by atoms with Crippen molar-refractivity contribution in [3.8, 4) is 11.5 Å². The van der Waals surface area contributed by atoms with Gasteiger partial charge in [-0.15, -0.1) is 0 Å². The van der Waals surface area contributed by atoms with Crippen LogP contribution in [0.2, 0.25) is 0 Å².